The third-order valence-corrected chi connectivity index (χ3v) is 7.37. The number of nitrogens with zero attached hydrogens (tertiary/aromatic N) is 2. The van der Waals surface area contributed by atoms with Crippen LogP contribution in [-0.2, 0) is 14.3 Å². The zero-order valence-corrected chi connectivity index (χ0v) is 21.6. The van der Waals surface area contributed by atoms with Gasteiger partial charge in [0.15, 0.2) is 12.3 Å². The minimum Gasteiger partial charge on any atom is -0.461 e. The Balaban J connectivity index is 1.53. The Morgan fingerprint density at radius 3 is 2.28 bits per heavy atom. The third kappa shape index (κ3) is 6.99. The van der Waals surface area contributed by atoms with E-state index >= 15 is 4.39 Å². The Kier molecular flexibility index (Phi) is 9.27. The molecule has 2 heterocycles. The number of aromatic nitrogens is 2. The number of amides is 1. The summed E-state index contributed by atoms with van der Waals surface area (Å²) in [6, 6.07) is 17.8. The maximum Gasteiger partial charge on any atom is 0.350 e. The summed E-state index contributed by atoms with van der Waals surface area (Å²) in [5.41, 5.74) is -0.252. The van der Waals surface area contributed by atoms with Gasteiger partial charge in [-0.05, 0) is 36.8 Å². The molecule has 9 nitrogen and oxygen atoms in total. The Bertz CT molecular complexity index is 1380. The number of thioether (sulfide) groups is 1. The van der Waals surface area contributed by atoms with Crippen molar-refractivity contribution >= 4 is 35.4 Å². The summed E-state index contributed by atoms with van der Waals surface area (Å²) in [7, 11) is 0. The van der Waals surface area contributed by atoms with Gasteiger partial charge < -0.3 is 14.8 Å². The molecule has 1 saturated heterocycles. The third-order valence-electron chi connectivity index (χ3n) is 5.85. The molecule has 4 rings (SSSR count). The predicted molar refractivity (Wildman–Crippen MR) is 144 cm³/mol. The van der Waals surface area contributed by atoms with E-state index in [9.17, 15) is 19.2 Å². The number of benzene rings is 2. The standard InChI is InChI=1S/C28H26FN3O6S/c1-2-3-14-22(33)30-21-15-16-32(28(36)31-21)25-23(29)24(38-27(35)19-12-8-5-9-13-19)20(39-25)17-37-26(34)18-10-6-4-7-11-18/h2,4-13,15-16,20,23-25H,1,3,14,17H2,(H,30,31,33,36)/t20-,23+,24-,25-/m1/s1. The van der Waals surface area contributed by atoms with Crippen molar-refractivity contribution < 1.29 is 28.2 Å². The van der Waals surface area contributed by atoms with Gasteiger partial charge in [-0.2, -0.15) is 4.98 Å². The Morgan fingerprint density at radius 2 is 1.67 bits per heavy atom. The summed E-state index contributed by atoms with van der Waals surface area (Å²) in [6.45, 7) is 3.29. The van der Waals surface area contributed by atoms with Crippen molar-refractivity contribution in [2.24, 2.45) is 0 Å². The number of carbonyl (C=O) groups is 3. The number of rotatable bonds is 10. The first-order valence-corrected chi connectivity index (χ1v) is 13.1. The molecule has 39 heavy (non-hydrogen) atoms. The Labute approximate surface area is 228 Å². The van der Waals surface area contributed by atoms with Crippen LogP contribution in [0.25, 0.3) is 0 Å². The predicted octanol–water partition coefficient (Wildman–Crippen LogP) is 4.18. The maximum absolute atomic E-state index is 15.8. The molecular formula is C28H26FN3O6S. The molecule has 202 valence electrons. The van der Waals surface area contributed by atoms with Crippen molar-refractivity contribution in [3.63, 3.8) is 0 Å². The normalized spacial score (nSPS) is 20.1. The molecule has 1 aliphatic heterocycles. The first kappa shape index (κ1) is 27.8. The summed E-state index contributed by atoms with van der Waals surface area (Å²) in [6.07, 6.45) is 0.411. The Hall–Kier alpha value is -4.25. The van der Waals surface area contributed by atoms with Gasteiger partial charge in [0.25, 0.3) is 0 Å². The van der Waals surface area contributed by atoms with Crippen LogP contribution in [0.2, 0.25) is 0 Å². The molecule has 11 heteroatoms. The summed E-state index contributed by atoms with van der Waals surface area (Å²) >= 11 is 0.994. The number of hydrogen-bond donors (Lipinski definition) is 1. The van der Waals surface area contributed by atoms with E-state index in [0.29, 0.717) is 12.0 Å². The number of carbonyl (C=O) groups excluding carboxylic acids is 3. The zero-order valence-electron chi connectivity index (χ0n) is 20.8. The van der Waals surface area contributed by atoms with Gasteiger partial charge in [-0.3, -0.25) is 9.36 Å². The maximum atomic E-state index is 15.8. The molecule has 0 spiro atoms. The second-order valence-corrected chi connectivity index (χ2v) is 9.95. The molecule has 3 aromatic rings. The second-order valence-electron chi connectivity index (χ2n) is 8.59. The lowest BCUT2D eigenvalue weighted by Gasteiger charge is -2.21. The fraction of sp³-hybridized carbons (Fsp3) is 0.250. The van der Waals surface area contributed by atoms with Crippen LogP contribution in [0.1, 0.15) is 38.9 Å². The number of nitrogens with one attached hydrogen (secondary N) is 1. The monoisotopic (exact) mass is 551 g/mol. The highest BCUT2D eigenvalue weighted by molar-refractivity contribution is 8.00. The largest absolute Gasteiger partial charge is 0.461 e. The van der Waals surface area contributed by atoms with Gasteiger partial charge >= 0.3 is 17.6 Å². The van der Waals surface area contributed by atoms with Crippen molar-refractivity contribution in [2.75, 3.05) is 11.9 Å². The highest BCUT2D eigenvalue weighted by Crippen LogP contribution is 2.45. The quantitative estimate of drug-likeness (QED) is 0.295. The van der Waals surface area contributed by atoms with E-state index in [1.54, 1.807) is 54.6 Å². The highest BCUT2D eigenvalue weighted by atomic mass is 32.2. The molecule has 1 aromatic heterocycles. The lowest BCUT2D eigenvalue weighted by molar-refractivity contribution is -0.116. The molecule has 1 fully saturated rings. The van der Waals surface area contributed by atoms with Crippen molar-refractivity contribution in [1.29, 1.82) is 0 Å². The molecule has 0 saturated carbocycles. The molecule has 2 aromatic carbocycles. The zero-order chi connectivity index (χ0) is 27.8. The topological polar surface area (TPSA) is 117 Å². The van der Waals surface area contributed by atoms with Crippen LogP contribution in [-0.4, -0.2) is 51.5 Å². The molecular weight excluding hydrogens is 525 g/mol. The first-order chi connectivity index (χ1) is 18.9. The SMILES string of the molecule is C=CCCC(=O)Nc1ccn([C@@H]2S[C@H](COC(=O)c3ccccc3)[C@@H](OC(=O)c3ccccc3)[C@@H]2F)c(=O)n1. The molecule has 0 unspecified atom stereocenters. The minimum absolute atomic E-state index is 0.0316. The van der Waals surface area contributed by atoms with Gasteiger partial charge in [0.2, 0.25) is 5.91 Å². The molecule has 1 amide bonds. The van der Waals surface area contributed by atoms with Crippen molar-refractivity contribution in [2.45, 2.75) is 35.7 Å². The van der Waals surface area contributed by atoms with Gasteiger partial charge in [-0.15, -0.1) is 18.3 Å². The van der Waals surface area contributed by atoms with Crippen LogP contribution in [0.5, 0.6) is 0 Å². The number of halogens is 1. The minimum atomic E-state index is -1.82. The van der Waals surface area contributed by atoms with Crippen LogP contribution < -0.4 is 11.0 Å². The smallest absolute Gasteiger partial charge is 0.350 e. The summed E-state index contributed by atoms with van der Waals surface area (Å²) in [5, 5.41) is 0.588. The number of hydrogen-bond acceptors (Lipinski definition) is 8. The van der Waals surface area contributed by atoms with Gasteiger partial charge in [-0.25, -0.2) is 18.8 Å². The number of allylic oxidation sites excluding steroid dienone is 1. The Morgan fingerprint density at radius 1 is 1.03 bits per heavy atom. The average Bonchev–Trinajstić information content (AvgIpc) is 3.25. The van der Waals surface area contributed by atoms with E-state index in [-0.39, 0.29) is 30.3 Å². The van der Waals surface area contributed by atoms with E-state index < -0.39 is 40.5 Å². The average molecular weight is 552 g/mol. The number of esters is 2. The van der Waals surface area contributed by atoms with Crippen LogP contribution in [0.15, 0.2) is 90.4 Å². The van der Waals surface area contributed by atoms with Crippen LogP contribution >= 0.6 is 11.8 Å². The van der Waals surface area contributed by atoms with E-state index in [1.165, 1.54) is 24.4 Å². The van der Waals surface area contributed by atoms with E-state index in [2.05, 4.69) is 16.9 Å². The molecule has 1 N–H and O–H groups in total. The van der Waals surface area contributed by atoms with Crippen LogP contribution in [0.4, 0.5) is 10.2 Å². The van der Waals surface area contributed by atoms with Gasteiger partial charge in [-0.1, -0.05) is 42.5 Å². The fourth-order valence-electron chi connectivity index (χ4n) is 3.89. The van der Waals surface area contributed by atoms with Crippen molar-refractivity contribution in [1.82, 2.24) is 9.55 Å². The molecule has 1 aliphatic rings. The van der Waals surface area contributed by atoms with Gasteiger partial charge in [0, 0.05) is 12.6 Å². The van der Waals surface area contributed by atoms with E-state index in [4.69, 9.17) is 9.47 Å². The number of anilines is 1. The lowest BCUT2D eigenvalue weighted by atomic mass is 10.1. The fourth-order valence-corrected chi connectivity index (χ4v) is 5.35. The molecule has 4 atom stereocenters. The summed E-state index contributed by atoms with van der Waals surface area (Å²) in [4.78, 5) is 53.8. The second kappa shape index (κ2) is 13.0. The van der Waals surface area contributed by atoms with Gasteiger partial charge in [0.05, 0.1) is 16.4 Å². The number of alkyl halides is 1. The van der Waals surface area contributed by atoms with Gasteiger partial charge in [0.1, 0.15) is 17.8 Å². The highest BCUT2D eigenvalue weighted by Gasteiger charge is 2.49. The first-order valence-electron chi connectivity index (χ1n) is 12.1. The lowest BCUT2D eigenvalue weighted by Crippen LogP contribution is -2.37. The van der Waals surface area contributed by atoms with Crippen LogP contribution in [0, 0.1) is 0 Å². The summed E-state index contributed by atoms with van der Waals surface area (Å²) < 4.78 is 27.9. The molecule has 0 bridgehead atoms. The van der Waals surface area contributed by atoms with Crippen molar-refractivity contribution in [3.05, 3.63) is 107 Å². The van der Waals surface area contributed by atoms with E-state index in [0.717, 1.165) is 16.3 Å². The number of ether oxygens (including phenoxy) is 2. The van der Waals surface area contributed by atoms with Crippen LogP contribution in [0.3, 0.4) is 0 Å². The molecule has 0 aliphatic carbocycles. The molecule has 0 radical (unpaired) electrons. The summed E-state index contributed by atoms with van der Waals surface area (Å²) in [5.74, 6) is -1.67. The van der Waals surface area contributed by atoms with Crippen molar-refractivity contribution in [3.8, 4) is 0 Å². The van der Waals surface area contributed by atoms with E-state index in [1.807, 2.05) is 0 Å².